The van der Waals surface area contributed by atoms with Gasteiger partial charge < -0.3 is 9.14 Å². The molecule has 0 saturated carbocycles. The lowest BCUT2D eigenvalue weighted by atomic mass is 10.2. The van der Waals surface area contributed by atoms with E-state index in [-0.39, 0.29) is 18.1 Å². The lowest BCUT2D eigenvalue weighted by Gasteiger charge is -1.99. The van der Waals surface area contributed by atoms with E-state index in [1.165, 1.54) is 23.5 Å². The third-order valence-corrected chi connectivity index (χ3v) is 4.76. The number of nitrogens with zero attached hydrogens (tertiary/aromatic N) is 3. The van der Waals surface area contributed by atoms with Crippen LogP contribution in [0, 0.1) is 12.7 Å². The number of hydrogen-bond donors (Lipinski definition) is 0. The van der Waals surface area contributed by atoms with Gasteiger partial charge in [-0.25, -0.2) is 19.2 Å². The second-order valence-corrected chi connectivity index (χ2v) is 6.68. The van der Waals surface area contributed by atoms with E-state index in [1.807, 2.05) is 30.6 Å². The number of carbonyl (C=O) groups is 1. The minimum Gasteiger partial charge on any atom is -0.454 e. The molecule has 0 atom stereocenters. The lowest BCUT2D eigenvalue weighted by molar-refractivity contribution is 0.0462. The summed E-state index contributed by atoms with van der Waals surface area (Å²) >= 11 is 1.42. The van der Waals surface area contributed by atoms with Crippen molar-refractivity contribution in [1.82, 2.24) is 14.4 Å². The van der Waals surface area contributed by atoms with Crippen LogP contribution in [0.25, 0.3) is 16.2 Å². The Morgan fingerprint density at radius 3 is 2.85 bits per heavy atom. The van der Waals surface area contributed by atoms with Gasteiger partial charge in [0.25, 0.3) is 0 Å². The molecular weight excluding hydrogens is 353 g/mol. The first kappa shape index (κ1) is 16.4. The number of aromatic nitrogens is 3. The van der Waals surface area contributed by atoms with E-state index < -0.39 is 5.97 Å². The molecule has 0 fully saturated rings. The highest BCUT2D eigenvalue weighted by atomic mass is 32.1. The molecule has 7 heteroatoms. The monoisotopic (exact) mass is 367 g/mol. The van der Waals surface area contributed by atoms with Gasteiger partial charge in [-0.1, -0.05) is 0 Å². The number of carbonyl (C=O) groups excluding carboxylic acids is 1. The number of halogens is 1. The van der Waals surface area contributed by atoms with Gasteiger partial charge in [0.2, 0.25) is 0 Å². The average Bonchev–Trinajstić information content (AvgIpc) is 3.27. The quantitative estimate of drug-likeness (QED) is 0.506. The molecule has 3 aromatic heterocycles. The average molecular weight is 367 g/mol. The zero-order valence-electron chi connectivity index (χ0n) is 13.8. The van der Waals surface area contributed by atoms with Crippen molar-refractivity contribution >= 4 is 23.0 Å². The molecule has 0 radical (unpaired) electrons. The summed E-state index contributed by atoms with van der Waals surface area (Å²) in [6.07, 6.45) is 3.49. The summed E-state index contributed by atoms with van der Waals surface area (Å²) in [6, 6.07) is 9.95. The molecule has 0 spiro atoms. The maximum Gasteiger partial charge on any atom is 0.358 e. The van der Waals surface area contributed by atoms with Gasteiger partial charge in [-0.2, -0.15) is 0 Å². The molecule has 26 heavy (non-hydrogen) atoms. The molecular formula is C19H14FN3O2S. The summed E-state index contributed by atoms with van der Waals surface area (Å²) < 4.78 is 20.1. The van der Waals surface area contributed by atoms with Gasteiger partial charge in [0, 0.05) is 23.3 Å². The molecule has 0 saturated heterocycles. The minimum absolute atomic E-state index is 0.0590. The zero-order valence-corrected chi connectivity index (χ0v) is 14.7. The Kier molecular flexibility index (Phi) is 4.22. The van der Waals surface area contributed by atoms with Crippen LogP contribution in [0.5, 0.6) is 0 Å². The molecule has 0 amide bonds. The van der Waals surface area contributed by atoms with Gasteiger partial charge in [-0.05, 0) is 48.9 Å². The van der Waals surface area contributed by atoms with Gasteiger partial charge in [-0.15, -0.1) is 11.3 Å². The van der Waals surface area contributed by atoms with Crippen LogP contribution >= 0.6 is 11.3 Å². The largest absolute Gasteiger partial charge is 0.454 e. The van der Waals surface area contributed by atoms with Crippen molar-refractivity contribution < 1.29 is 13.9 Å². The van der Waals surface area contributed by atoms with Crippen LogP contribution in [-0.4, -0.2) is 20.3 Å². The molecule has 0 bridgehead atoms. The van der Waals surface area contributed by atoms with Crippen molar-refractivity contribution in [3.8, 4) is 10.6 Å². The molecule has 0 aliphatic rings. The molecule has 0 unspecified atom stereocenters. The van der Waals surface area contributed by atoms with Gasteiger partial charge in [0.15, 0.2) is 5.69 Å². The van der Waals surface area contributed by atoms with E-state index in [0.29, 0.717) is 11.3 Å². The van der Waals surface area contributed by atoms with Crippen molar-refractivity contribution in [2.45, 2.75) is 13.5 Å². The molecule has 0 aliphatic heterocycles. The fourth-order valence-electron chi connectivity index (χ4n) is 2.49. The molecule has 0 aliphatic carbocycles. The van der Waals surface area contributed by atoms with E-state index in [2.05, 4.69) is 9.97 Å². The van der Waals surface area contributed by atoms with Crippen molar-refractivity contribution in [2.75, 3.05) is 0 Å². The summed E-state index contributed by atoms with van der Waals surface area (Å²) in [5.41, 5.74) is 3.49. The standard InChI is InChI=1S/C19H14FN3O2S/c1-12-6-7-23-9-16(22-17(23)8-12)19(24)25-10-15-11-26-18(21-15)13-2-4-14(20)5-3-13/h2-9,11H,10H2,1H3. The Balaban J connectivity index is 1.44. The Hall–Kier alpha value is -3.06. The number of thiazole rings is 1. The zero-order chi connectivity index (χ0) is 18.1. The van der Waals surface area contributed by atoms with Gasteiger partial charge >= 0.3 is 5.97 Å². The second-order valence-electron chi connectivity index (χ2n) is 5.82. The number of esters is 1. The number of rotatable bonds is 4. The fourth-order valence-corrected chi connectivity index (χ4v) is 3.30. The van der Waals surface area contributed by atoms with Crippen LogP contribution in [0.2, 0.25) is 0 Å². The molecule has 1 aromatic carbocycles. The first-order valence-corrected chi connectivity index (χ1v) is 8.79. The lowest BCUT2D eigenvalue weighted by Crippen LogP contribution is -2.05. The predicted octanol–water partition coefficient (Wildman–Crippen LogP) is 4.26. The molecule has 4 rings (SSSR count). The SMILES string of the molecule is Cc1ccn2cc(C(=O)OCc3csc(-c4ccc(F)cc4)n3)nc2c1. The highest BCUT2D eigenvalue weighted by Crippen LogP contribution is 2.24. The third kappa shape index (κ3) is 3.34. The van der Waals surface area contributed by atoms with E-state index in [0.717, 1.165) is 16.1 Å². The number of hydrogen-bond acceptors (Lipinski definition) is 5. The van der Waals surface area contributed by atoms with Crippen LogP contribution in [0.1, 0.15) is 21.7 Å². The van der Waals surface area contributed by atoms with Crippen LogP contribution < -0.4 is 0 Å². The highest BCUT2D eigenvalue weighted by Gasteiger charge is 2.14. The first-order valence-electron chi connectivity index (χ1n) is 7.91. The summed E-state index contributed by atoms with van der Waals surface area (Å²) in [5, 5.41) is 2.57. The maximum absolute atomic E-state index is 13.0. The molecule has 3 heterocycles. The van der Waals surface area contributed by atoms with Gasteiger partial charge in [0.05, 0.1) is 5.69 Å². The van der Waals surface area contributed by atoms with Crippen molar-refractivity contribution in [3.63, 3.8) is 0 Å². The third-order valence-electron chi connectivity index (χ3n) is 3.82. The molecule has 4 aromatic rings. The van der Waals surface area contributed by atoms with Crippen molar-refractivity contribution in [3.05, 3.63) is 76.9 Å². The second kappa shape index (κ2) is 6.68. The van der Waals surface area contributed by atoms with Crippen LogP contribution in [0.15, 0.2) is 54.2 Å². The maximum atomic E-state index is 13.0. The van der Waals surface area contributed by atoms with E-state index in [9.17, 15) is 9.18 Å². The van der Waals surface area contributed by atoms with Crippen molar-refractivity contribution in [2.24, 2.45) is 0 Å². The van der Waals surface area contributed by atoms with Crippen LogP contribution in [0.4, 0.5) is 4.39 Å². The smallest absolute Gasteiger partial charge is 0.358 e. The van der Waals surface area contributed by atoms with Crippen molar-refractivity contribution in [1.29, 1.82) is 0 Å². The predicted molar refractivity (Wildman–Crippen MR) is 96.6 cm³/mol. The number of benzene rings is 1. The van der Waals surface area contributed by atoms with E-state index in [1.54, 1.807) is 22.7 Å². The Labute approximate surface area is 152 Å². The van der Waals surface area contributed by atoms with Gasteiger partial charge in [0.1, 0.15) is 23.1 Å². The molecule has 0 N–H and O–H groups in total. The number of pyridine rings is 1. The van der Waals surface area contributed by atoms with Gasteiger partial charge in [-0.3, -0.25) is 0 Å². The Morgan fingerprint density at radius 2 is 2.04 bits per heavy atom. The summed E-state index contributed by atoms with van der Waals surface area (Å²) in [6.45, 7) is 2.02. The first-order chi connectivity index (χ1) is 12.6. The number of ether oxygens (including phenoxy) is 1. The summed E-state index contributed by atoms with van der Waals surface area (Å²) in [5.74, 6) is -0.787. The normalized spacial score (nSPS) is 11.0. The number of imidazole rings is 1. The fraction of sp³-hybridized carbons (Fsp3) is 0.105. The van der Waals surface area contributed by atoms with E-state index in [4.69, 9.17) is 4.74 Å². The Bertz CT molecular complexity index is 1090. The topological polar surface area (TPSA) is 56.5 Å². The summed E-state index contributed by atoms with van der Waals surface area (Å²) in [7, 11) is 0. The van der Waals surface area contributed by atoms with Crippen LogP contribution in [0.3, 0.4) is 0 Å². The molecule has 130 valence electrons. The number of aryl methyl sites for hydroxylation is 1. The van der Waals surface area contributed by atoms with E-state index >= 15 is 0 Å². The van der Waals surface area contributed by atoms with Crippen LogP contribution in [-0.2, 0) is 11.3 Å². The molecule has 5 nitrogen and oxygen atoms in total. The summed E-state index contributed by atoms with van der Waals surface area (Å²) in [4.78, 5) is 20.9. The number of fused-ring (bicyclic) bond motifs is 1. The Morgan fingerprint density at radius 1 is 1.23 bits per heavy atom. The minimum atomic E-state index is -0.498. The highest BCUT2D eigenvalue weighted by molar-refractivity contribution is 7.13.